The van der Waals surface area contributed by atoms with Gasteiger partial charge in [-0.1, -0.05) is 23.7 Å². The molecule has 0 aliphatic rings. The summed E-state index contributed by atoms with van der Waals surface area (Å²) in [5.74, 6) is 0.122. The molecule has 0 aliphatic heterocycles. The van der Waals surface area contributed by atoms with Crippen molar-refractivity contribution in [3.63, 3.8) is 0 Å². The van der Waals surface area contributed by atoms with Gasteiger partial charge >= 0.3 is 6.03 Å². The molecule has 0 saturated carbocycles. The zero-order chi connectivity index (χ0) is 16.1. The van der Waals surface area contributed by atoms with Gasteiger partial charge in [-0.3, -0.25) is 0 Å². The predicted molar refractivity (Wildman–Crippen MR) is 86.1 cm³/mol. The standard InChI is InChI=1S/C16H17ClN2O3/c1-10(15(21)11-2-8-14(20)9-3-11)18-16(22)19-13-6-4-12(17)5-7-13/h2-10,15,20-21H,1H3,(H2,18,19,22). The molecule has 2 aromatic carbocycles. The monoisotopic (exact) mass is 320 g/mol. The summed E-state index contributed by atoms with van der Waals surface area (Å²) < 4.78 is 0. The van der Waals surface area contributed by atoms with E-state index in [0.29, 0.717) is 16.3 Å². The number of rotatable bonds is 4. The van der Waals surface area contributed by atoms with Crippen molar-refractivity contribution in [3.8, 4) is 5.75 Å². The Hall–Kier alpha value is -2.24. The number of halogens is 1. The third-order valence-corrected chi connectivity index (χ3v) is 3.42. The first-order valence-corrected chi connectivity index (χ1v) is 7.13. The summed E-state index contributed by atoms with van der Waals surface area (Å²) in [4.78, 5) is 11.9. The van der Waals surface area contributed by atoms with Gasteiger partial charge in [0.1, 0.15) is 5.75 Å². The molecule has 116 valence electrons. The van der Waals surface area contributed by atoms with Crippen molar-refractivity contribution in [3.05, 3.63) is 59.1 Å². The number of anilines is 1. The number of hydrogen-bond acceptors (Lipinski definition) is 3. The van der Waals surface area contributed by atoms with Gasteiger partial charge in [-0.2, -0.15) is 0 Å². The third-order valence-electron chi connectivity index (χ3n) is 3.17. The predicted octanol–water partition coefficient (Wildman–Crippen LogP) is 3.29. The van der Waals surface area contributed by atoms with Gasteiger partial charge < -0.3 is 20.8 Å². The topological polar surface area (TPSA) is 81.6 Å². The molecule has 2 atom stereocenters. The fraction of sp³-hybridized carbons (Fsp3) is 0.188. The summed E-state index contributed by atoms with van der Waals surface area (Å²) in [7, 11) is 0. The highest BCUT2D eigenvalue weighted by Crippen LogP contribution is 2.20. The average Bonchev–Trinajstić information content (AvgIpc) is 2.49. The fourth-order valence-corrected chi connectivity index (χ4v) is 2.07. The number of hydrogen-bond donors (Lipinski definition) is 4. The van der Waals surface area contributed by atoms with E-state index in [0.717, 1.165) is 0 Å². The summed E-state index contributed by atoms with van der Waals surface area (Å²) in [6.07, 6.45) is -0.878. The molecule has 4 N–H and O–H groups in total. The van der Waals surface area contributed by atoms with Gasteiger partial charge in [-0.15, -0.1) is 0 Å². The van der Waals surface area contributed by atoms with Crippen LogP contribution in [-0.2, 0) is 0 Å². The van der Waals surface area contributed by atoms with E-state index in [9.17, 15) is 15.0 Å². The first kappa shape index (κ1) is 16.1. The van der Waals surface area contributed by atoms with Crippen LogP contribution in [0.3, 0.4) is 0 Å². The van der Waals surface area contributed by atoms with Crippen LogP contribution in [0.25, 0.3) is 0 Å². The summed E-state index contributed by atoms with van der Waals surface area (Å²) >= 11 is 5.77. The fourth-order valence-electron chi connectivity index (χ4n) is 1.95. The maximum absolute atomic E-state index is 11.9. The second-order valence-corrected chi connectivity index (χ2v) is 5.37. The van der Waals surface area contributed by atoms with Crippen LogP contribution in [0.15, 0.2) is 48.5 Å². The lowest BCUT2D eigenvalue weighted by atomic mass is 10.0. The second kappa shape index (κ2) is 7.15. The van der Waals surface area contributed by atoms with E-state index in [2.05, 4.69) is 10.6 Å². The van der Waals surface area contributed by atoms with Crippen molar-refractivity contribution in [2.45, 2.75) is 19.1 Å². The molecule has 2 amide bonds. The number of phenolic OH excluding ortho intramolecular Hbond substituents is 1. The Balaban J connectivity index is 1.92. The van der Waals surface area contributed by atoms with Gasteiger partial charge in [-0.25, -0.2) is 4.79 Å². The maximum atomic E-state index is 11.9. The van der Waals surface area contributed by atoms with Crippen LogP contribution in [0, 0.1) is 0 Å². The third kappa shape index (κ3) is 4.38. The minimum absolute atomic E-state index is 0.122. The normalized spacial score (nSPS) is 13.2. The number of benzene rings is 2. The Morgan fingerprint density at radius 2 is 1.68 bits per heavy atom. The van der Waals surface area contributed by atoms with Crippen molar-refractivity contribution >= 4 is 23.3 Å². The van der Waals surface area contributed by atoms with Crippen molar-refractivity contribution in [2.24, 2.45) is 0 Å². The molecule has 5 nitrogen and oxygen atoms in total. The Labute approximate surface area is 133 Å². The SMILES string of the molecule is CC(NC(=O)Nc1ccc(Cl)cc1)C(O)c1ccc(O)cc1. The van der Waals surface area contributed by atoms with E-state index in [1.165, 1.54) is 12.1 Å². The minimum Gasteiger partial charge on any atom is -0.508 e. The van der Waals surface area contributed by atoms with E-state index in [-0.39, 0.29) is 5.75 Å². The van der Waals surface area contributed by atoms with Crippen LogP contribution < -0.4 is 10.6 Å². The van der Waals surface area contributed by atoms with Crippen LogP contribution in [0.2, 0.25) is 5.02 Å². The van der Waals surface area contributed by atoms with Crippen LogP contribution in [0.1, 0.15) is 18.6 Å². The Morgan fingerprint density at radius 3 is 2.27 bits per heavy atom. The van der Waals surface area contributed by atoms with Crippen LogP contribution in [0.5, 0.6) is 5.75 Å². The van der Waals surface area contributed by atoms with E-state index < -0.39 is 18.2 Å². The molecule has 0 bridgehead atoms. The molecule has 0 radical (unpaired) electrons. The molecule has 22 heavy (non-hydrogen) atoms. The molecule has 2 rings (SSSR count). The first-order valence-electron chi connectivity index (χ1n) is 6.76. The molecule has 0 aliphatic carbocycles. The van der Waals surface area contributed by atoms with Crippen molar-refractivity contribution < 1.29 is 15.0 Å². The minimum atomic E-state index is -0.878. The van der Waals surface area contributed by atoms with Crippen molar-refractivity contribution in [1.82, 2.24) is 5.32 Å². The molecule has 0 spiro atoms. The zero-order valence-corrected chi connectivity index (χ0v) is 12.7. The van der Waals surface area contributed by atoms with E-state index >= 15 is 0 Å². The molecule has 0 fully saturated rings. The number of urea groups is 1. The molecule has 2 aromatic rings. The molecular weight excluding hydrogens is 304 g/mol. The second-order valence-electron chi connectivity index (χ2n) is 4.93. The lowest BCUT2D eigenvalue weighted by Crippen LogP contribution is -2.39. The number of carbonyl (C=O) groups excluding carboxylic acids is 1. The van der Waals surface area contributed by atoms with Gasteiger partial charge in [0.2, 0.25) is 0 Å². The zero-order valence-electron chi connectivity index (χ0n) is 12.0. The molecule has 0 saturated heterocycles. The van der Waals surface area contributed by atoms with Gasteiger partial charge in [0.25, 0.3) is 0 Å². The molecular formula is C16H17ClN2O3. The Morgan fingerprint density at radius 1 is 1.09 bits per heavy atom. The molecule has 0 heterocycles. The highest BCUT2D eigenvalue weighted by Gasteiger charge is 2.18. The Bertz CT molecular complexity index is 629. The van der Waals surface area contributed by atoms with Gasteiger partial charge in [-0.05, 0) is 48.9 Å². The molecule has 2 unspecified atom stereocenters. The van der Waals surface area contributed by atoms with E-state index in [4.69, 9.17) is 11.6 Å². The lowest BCUT2D eigenvalue weighted by Gasteiger charge is -2.21. The highest BCUT2D eigenvalue weighted by atomic mass is 35.5. The van der Waals surface area contributed by atoms with Crippen LogP contribution in [-0.4, -0.2) is 22.3 Å². The van der Waals surface area contributed by atoms with Gasteiger partial charge in [0.05, 0.1) is 12.1 Å². The Kier molecular flexibility index (Phi) is 5.25. The summed E-state index contributed by atoms with van der Waals surface area (Å²) in [6.45, 7) is 1.69. The van der Waals surface area contributed by atoms with Gasteiger partial charge in [0.15, 0.2) is 0 Å². The number of aromatic hydroxyl groups is 1. The number of carbonyl (C=O) groups is 1. The number of phenols is 1. The quantitative estimate of drug-likeness (QED) is 0.697. The summed E-state index contributed by atoms with van der Waals surface area (Å²) in [5.41, 5.74) is 1.21. The number of amides is 2. The van der Waals surface area contributed by atoms with Crippen molar-refractivity contribution in [1.29, 1.82) is 0 Å². The number of aliphatic hydroxyl groups excluding tert-OH is 1. The first-order chi connectivity index (χ1) is 10.5. The highest BCUT2D eigenvalue weighted by molar-refractivity contribution is 6.30. The lowest BCUT2D eigenvalue weighted by molar-refractivity contribution is 0.139. The molecule has 0 aromatic heterocycles. The summed E-state index contributed by atoms with van der Waals surface area (Å²) in [6, 6.07) is 12.0. The van der Waals surface area contributed by atoms with E-state index in [1.54, 1.807) is 43.3 Å². The van der Waals surface area contributed by atoms with E-state index in [1.807, 2.05) is 0 Å². The van der Waals surface area contributed by atoms with Gasteiger partial charge in [0, 0.05) is 10.7 Å². The van der Waals surface area contributed by atoms with Crippen LogP contribution >= 0.6 is 11.6 Å². The smallest absolute Gasteiger partial charge is 0.319 e. The number of nitrogens with one attached hydrogen (secondary N) is 2. The number of aliphatic hydroxyl groups is 1. The average molecular weight is 321 g/mol. The van der Waals surface area contributed by atoms with Crippen molar-refractivity contribution in [2.75, 3.05) is 5.32 Å². The van der Waals surface area contributed by atoms with Crippen LogP contribution in [0.4, 0.5) is 10.5 Å². The maximum Gasteiger partial charge on any atom is 0.319 e. The summed E-state index contributed by atoms with van der Waals surface area (Å²) in [5, 5.41) is 25.3. The molecule has 6 heteroatoms. The largest absolute Gasteiger partial charge is 0.508 e.